The molecule has 0 spiro atoms. The number of aromatic nitrogens is 4. The summed E-state index contributed by atoms with van der Waals surface area (Å²) in [5.74, 6) is -0.0855. The average Bonchev–Trinajstić information content (AvgIpc) is 2.80. The van der Waals surface area contributed by atoms with E-state index in [0.29, 0.717) is 11.4 Å². The summed E-state index contributed by atoms with van der Waals surface area (Å²) < 4.78 is 7.29. The number of hydrogen-bond acceptors (Lipinski definition) is 6. The van der Waals surface area contributed by atoms with Crippen molar-refractivity contribution in [3.05, 3.63) is 84.5 Å². The Morgan fingerprint density at radius 1 is 1.16 bits per heavy atom. The van der Waals surface area contributed by atoms with E-state index >= 15 is 0 Å². The second kappa shape index (κ2) is 9.04. The molecule has 1 aromatic carbocycles. The van der Waals surface area contributed by atoms with Crippen LogP contribution in [-0.4, -0.2) is 38.9 Å². The van der Waals surface area contributed by atoms with E-state index in [1.807, 2.05) is 0 Å². The van der Waals surface area contributed by atoms with Crippen LogP contribution in [0.4, 0.5) is 0 Å². The summed E-state index contributed by atoms with van der Waals surface area (Å²) in [6, 6.07) is 7.92. The Bertz CT molecular complexity index is 1320. The molecule has 10 heteroatoms. The molecule has 1 aliphatic carbocycles. The van der Waals surface area contributed by atoms with Crippen LogP contribution in [0, 0.1) is 0 Å². The Hall–Kier alpha value is -3.95. The van der Waals surface area contributed by atoms with Gasteiger partial charge in [0.25, 0.3) is 17.0 Å². The van der Waals surface area contributed by atoms with E-state index in [4.69, 9.17) is 4.74 Å². The lowest BCUT2D eigenvalue weighted by Crippen LogP contribution is -2.40. The number of rotatable bonds is 6. The number of H-pyrrole nitrogens is 1. The Morgan fingerprint density at radius 3 is 2.66 bits per heavy atom. The third-order valence-corrected chi connectivity index (χ3v) is 5.43. The van der Waals surface area contributed by atoms with Crippen molar-refractivity contribution in [2.24, 2.45) is 0 Å². The standard InChI is InChI=1S/C22H23N5O5/c1-32-16-8-6-15(7-9-16)27-21(30)17(13-24-22(27)31)20(29)23-10-11-26-19(28)12-14-4-2-3-5-18(14)25-26/h6-9,12-13H,2-5,10-11H2,1H3,(H,23,29)(H,24,31). The fourth-order valence-corrected chi connectivity index (χ4v) is 3.73. The van der Waals surface area contributed by atoms with Crippen LogP contribution in [0.3, 0.4) is 0 Å². The molecular weight excluding hydrogens is 414 g/mol. The number of carbonyl (C=O) groups is 1. The predicted octanol–water partition coefficient (Wildman–Crippen LogP) is 0.400. The van der Waals surface area contributed by atoms with Gasteiger partial charge in [-0.1, -0.05) is 0 Å². The number of hydrogen-bond donors (Lipinski definition) is 2. The molecule has 0 fully saturated rings. The zero-order valence-electron chi connectivity index (χ0n) is 17.6. The van der Waals surface area contributed by atoms with Gasteiger partial charge >= 0.3 is 5.69 Å². The van der Waals surface area contributed by atoms with E-state index in [0.717, 1.165) is 47.7 Å². The third-order valence-electron chi connectivity index (χ3n) is 5.43. The van der Waals surface area contributed by atoms with Crippen LogP contribution in [0.5, 0.6) is 5.75 Å². The fraction of sp³-hybridized carbons (Fsp3) is 0.318. The number of aromatic amines is 1. The molecular formula is C22H23N5O5. The molecule has 4 rings (SSSR count). The molecule has 0 saturated heterocycles. The zero-order chi connectivity index (χ0) is 22.7. The first kappa shape index (κ1) is 21.3. The van der Waals surface area contributed by atoms with E-state index in [1.165, 1.54) is 11.8 Å². The number of nitrogens with zero attached hydrogens (tertiary/aromatic N) is 3. The van der Waals surface area contributed by atoms with Crippen molar-refractivity contribution in [2.45, 2.75) is 32.2 Å². The maximum atomic E-state index is 12.8. The number of benzene rings is 1. The maximum Gasteiger partial charge on any atom is 0.333 e. The topological polar surface area (TPSA) is 128 Å². The number of carbonyl (C=O) groups excluding carboxylic acids is 1. The Kier molecular flexibility index (Phi) is 6.02. The lowest BCUT2D eigenvalue weighted by Gasteiger charge is -2.16. The van der Waals surface area contributed by atoms with E-state index in [1.54, 1.807) is 30.3 Å². The van der Waals surface area contributed by atoms with Crippen LogP contribution in [-0.2, 0) is 19.4 Å². The van der Waals surface area contributed by atoms with Crippen molar-refractivity contribution >= 4 is 5.91 Å². The van der Waals surface area contributed by atoms with Gasteiger partial charge in [0, 0.05) is 18.8 Å². The lowest BCUT2D eigenvalue weighted by atomic mass is 9.97. The predicted molar refractivity (Wildman–Crippen MR) is 117 cm³/mol. The van der Waals surface area contributed by atoms with Gasteiger partial charge in [0.05, 0.1) is 25.0 Å². The largest absolute Gasteiger partial charge is 0.497 e. The van der Waals surface area contributed by atoms with Crippen molar-refractivity contribution in [3.63, 3.8) is 0 Å². The van der Waals surface area contributed by atoms with E-state index in [9.17, 15) is 19.2 Å². The van der Waals surface area contributed by atoms with Crippen LogP contribution in [0.25, 0.3) is 5.69 Å². The molecule has 2 N–H and O–H groups in total. The summed E-state index contributed by atoms with van der Waals surface area (Å²) in [7, 11) is 1.51. The van der Waals surface area contributed by atoms with E-state index < -0.39 is 17.2 Å². The van der Waals surface area contributed by atoms with Gasteiger partial charge in [-0.2, -0.15) is 5.10 Å². The van der Waals surface area contributed by atoms with Gasteiger partial charge in [0.1, 0.15) is 11.3 Å². The average molecular weight is 437 g/mol. The monoisotopic (exact) mass is 437 g/mol. The van der Waals surface area contributed by atoms with Crippen molar-refractivity contribution < 1.29 is 9.53 Å². The summed E-state index contributed by atoms with van der Waals surface area (Å²) in [5.41, 5.74) is 0.370. The van der Waals surface area contributed by atoms with Gasteiger partial charge in [0.15, 0.2) is 0 Å². The van der Waals surface area contributed by atoms with E-state index in [-0.39, 0.29) is 24.2 Å². The van der Waals surface area contributed by atoms with Crippen LogP contribution in [0.1, 0.15) is 34.5 Å². The van der Waals surface area contributed by atoms with Crippen LogP contribution in [0.15, 0.2) is 50.9 Å². The first-order chi connectivity index (χ1) is 15.5. The Labute approximate surface area is 182 Å². The quantitative estimate of drug-likeness (QED) is 0.575. The van der Waals surface area contributed by atoms with Crippen molar-refractivity contribution in [2.75, 3.05) is 13.7 Å². The van der Waals surface area contributed by atoms with Gasteiger partial charge < -0.3 is 15.0 Å². The zero-order valence-corrected chi connectivity index (χ0v) is 17.6. The van der Waals surface area contributed by atoms with Gasteiger partial charge in [0.2, 0.25) is 0 Å². The normalized spacial score (nSPS) is 12.8. The molecule has 166 valence electrons. The molecule has 0 aliphatic heterocycles. The number of methoxy groups -OCH3 is 1. The van der Waals surface area contributed by atoms with Crippen LogP contribution in [0.2, 0.25) is 0 Å². The highest BCUT2D eigenvalue weighted by Gasteiger charge is 2.17. The summed E-state index contributed by atoms with van der Waals surface area (Å²) >= 11 is 0. The Balaban J connectivity index is 1.50. The lowest BCUT2D eigenvalue weighted by molar-refractivity contribution is 0.0949. The molecule has 10 nitrogen and oxygen atoms in total. The second-order valence-corrected chi connectivity index (χ2v) is 7.49. The highest BCUT2D eigenvalue weighted by molar-refractivity contribution is 5.93. The number of amides is 1. The molecule has 0 bridgehead atoms. The van der Waals surface area contributed by atoms with Crippen molar-refractivity contribution in [1.82, 2.24) is 24.6 Å². The minimum atomic E-state index is -0.750. The Morgan fingerprint density at radius 2 is 1.91 bits per heavy atom. The maximum absolute atomic E-state index is 12.8. The minimum Gasteiger partial charge on any atom is -0.497 e. The summed E-state index contributed by atoms with van der Waals surface area (Å²) in [5, 5.41) is 7.03. The highest BCUT2D eigenvalue weighted by atomic mass is 16.5. The first-order valence-corrected chi connectivity index (χ1v) is 10.3. The number of nitrogens with one attached hydrogen (secondary N) is 2. The molecule has 0 saturated carbocycles. The first-order valence-electron chi connectivity index (χ1n) is 10.3. The SMILES string of the molecule is COc1ccc(-n2c(=O)[nH]cc(C(=O)NCCn3nc4c(cc3=O)CCCC4)c2=O)cc1. The molecule has 0 radical (unpaired) electrons. The molecule has 2 heterocycles. The van der Waals surface area contributed by atoms with Gasteiger partial charge in [-0.3, -0.25) is 14.4 Å². The molecule has 3 aromatic rings. The molecule has 0 unspecified atom stereocenters. The summed E-state index contributed by atoms with van der Waals surface area (Å²) in [4.78, 5) is 52.3. The molecule has 0 atom stereocenters. The smallest absolute Gasteiger partial charge is 0.333 e. The fourth-order valence-electron chi connectivity index (χ4n) is 3.73. The number of ether oxygens (including phenoxy) is 1. The number of aryl methyl sites for hydroxylation is 2. The number of fused-ring (bicyclic) bond motifs is 1. The van der Waals surface area contributed by atoms with Crippen molar-refractivity contribution in [1.29, 1.82) is 0 Å². The van der Waals surface area contributed by atoms with Gasteiger partial charge in [-0.05, 0) is 55.5 Å². The van der Waals surface area contributed by atoms with Crippen molar-refractivity contribution in [3.8, 4) is 11.4 Å². The highest BCUT2D eigenvalue weighted by Crippen LogP contribution is 2.16. The molecule has 1 amide bonds. The third kappa shape index (κ3) is 4.25. The second-order valence-electron chi connectivity index (χ2n) is 7.49. The molecule has 1 aliphatic rings. The molecule has 2 aromatic heterocycles. The minimum absolute atomic E-state index is 0.103. The van der Waals surface area contributed by atoms with Gasteiger partial charge in [-0.25, -0.2) is 14.0 Å². The summed E-state index contributed by atoms with van der Waals surface area (Å²) in [6.45, 7) is 0.277. The van der Waals surface area contributed by atoms with Crippen LogP contribution < -0.4 is 26.9 Å². The molecule has 32 heavy (non-hydrogen) atoms. The van der Waals surface area contributed by atoms with Gasteiger partial charge in [-0.15, -0.1) is 0 Å². The van der Waals surface area contributed by atoms with Crippen LogP contribution >= 0.6 is 0 Å². The van der Waals surface area contributed by atoms with E-state index in [2.05, 4.69) is 15.4 Å². The summed E-state index contributed by atoms with van der Waals surface area (Å²) in [6.07, 6.45) is 4.89.